The van der Waals surface area contributed by atoms with Crippen LogP contribution in [0.25, 0.3) is 0 Å². The minimum Gasteiger partial charge on any atom is -0.377 e. The van der Waals surface area contributed by atoms with Gasteiger partial charge in [-0.25, -0.2) is 0 Å². The van der Waals surface area contributed by atoms with Crippen LogP contribution in [0.15, 0.2) is 0 Å². The number of hydrogen-bond acceptors (Lipinski definition) is 7. The third-order valence-corrected chi connectivity index (χ3v) is 2.58. The Bertz CT molecular complexity index is 343. The van der Waals surface area contributed by atoms with E-state index in [0.717, 1.165) is 0 Å². The van der Waals surface area contributed by atoms with E-state index in [-0.39, 0.29) is 18.4 Å². The summed E-state index contributed by atoms with van der Waals surface area (Å²) >= 11 is 0. The summed E-state index contributed by atoms with van der Waals surface area (Å²) in [6.45, 7) is 14.8. The molecule has 0 aromatic carbocycles. The van der Waals surface area contributed by atoms with Crippen LogP contribution < -0.4 is 10.6 Å². The zero-order valence-corrected chi connectivity index (χ0v) is 20.1. The van der Waals surface area contributed by atoms with E-state index < -0.39 is 0 Å². The summed E-state index contributed by atoms with van der Waals surface area (Å²) in [5.41, 5.74) is 0. The van der Waals surface area contributed by atoms with Crippen molar-refractivity contribution in [1.29, 1.82) is 0 Å². The number of amides is 2. The van der Waals surface area contributed by atoms with E-state index in [2.05, 4.69) is 43.1 Å². The fourth-order valence-corrected chi connectivity index (χ4v) is 1.51. The number of hydrogen-bond donors (Lipinski definition) is 2. The first-order valence-electron chi connectivity index (χ1n) is 10.8. The van der Waals surface area contributed by atoms with Crippen LogP contribution in [-0.4, -0.2) is 91.5 Å². The predicted molar refractivity (Wildman–Crippen MR) is 119 cm³/mol. The molecule has 0 spiro atoms. The van der Waals surface area contributed by atoms with Crippen LogP contribution in [0.2, 0.25) is 0 Å². The standard InChI is InChI=1S/C15H30N2O7.2C3H8/c1-14(18)16-3-5-21-7-9-23-11-12-24-10-8-22-6-4-17-15(19)13-20-2;2*1-3-2/h3-13H2,1-2H3,(H,16,18)(H,17,19);2*3H2,1-2H3. The Morgan fingerprint density at radius 1 is 0.633 bits per heavy atom. The number of carbonyl (C=O) groups is 2. The van der Waals surface area contributed by atoms with Gasteiger partial charge in [-0.1, -0.05) is 40.5 Å². The molecule has 0 heterocycles. The normalized spacial score (nSPS) is 9.67. The molecule has 2 N–H and O–H groups in total. The largest absolute Gasteiger partial charge is 0.377 e. The molecule has 0 bridgehead atoms. The van der Waals surface area contributed by atoms with Crippen molar-refractivity contribution in [1.82, 2.24) is 10.6 Å². The summed E-state index contributed by atoms with van der Waals surface area (Å²) in [6, 6.07) is 0. The number of carbonyl (C=O) groups excluding carboxylic acids is 2. The van der Waals surface area contributed by atoms with Gasteiger partial charge in [-0.3, -0.25) is 9.59 Å². The van der Waals surface area contributed by atoms with Gasteiger partial charge in [0.05, 0.1) is 52.9 Å². The number of nitrogens with one attached hydrogen (secondary N) is 2. The maximum absolute atomic E-state index is 11.0. The van der Waals surface area contributed by atoms with Gasteiger partial charge in [0.1, 0.15) is 6.61 Å². The summed E-state index contributed by atoms with van der Waals surface area (Å²) in [7, 11) is 1.47. The van der Waals surface area contributed by atoms with E-state index in [9.17, 15) is 9.59 Å². The van der Waals surface area contributed by atoms with Crippen molar-refractivity contribution in [3.63, 3.8) is 0 Å². The second-order valence-corrected chi connectivity index (χ2v) is 6.13. The van der Waals surface area contributed by atoms with Crippen molar-refractivity contribution in [2.24, 2.45) is 0 Å². The van der Waals surface area contributed by atoms with Crippen LogP contribution in [0.3, 0.4) is 0 Å². The average Bonchev–Trinajstić information content (AvgIpc) is 2.69. The maximum atomic E-state index is 11.0. The van der Waals surface area contributed by atoms with Crippen LogP contribution >= 0.6 is 0 Å². The molecule has 0 aliphatic carbocycles. The van der Waals surface area contributed by atoms with Gasteiger partial charge in [0.2, 0.25) is 11.8 Å². The highest BCUT2D eigenvalue weighted by molar-refractivity contribution is 5.77. The topological polar surface area (TPSA) is 104 Å². The zero-order chi connectivity index (χ0) is 23.3. The molecule has 0 aromatic heterocycles. The van der Waals surface area contributed by atoms with Crippen molar-refractivity contribution < 1.29 is 33.3 Å². The molecular weight excluding hydrogens is 392 g/mol. The Hall–Kier alpha value is -1.26. The van der Waals surface area contributed by atoms with E-state index in [4.69, 9.17) is 18.9 Å². The number of rotatable bonds is 17. The van der Waals surface area contributed by atoms with Gasteiger partial charge >= 0.3 is 0 Å². The molecule has 0 unspecified atom stereocenters. The lowest BCUT2D eigenvalue weighted by Crippen LogP contribution is -2.30. The first-order valence-corrected chi connectivity index (χ1v) is 10.8. The molecule has 182 valence electrons. The van der Waals surface area contributed by atoms with E-state index in [1.165, 1.54) is 26.9 Å². The third kappa shape index (κ3) is 41.2. The van der Waals surface area contributed by atoms with E-state index >= 15 is 0 Å². The fourth-order valence-electron chi connectivity index (χ4n) is 1.51. The highest BCUT2D eigenvalue weighted by atomic mass is 16.6. The predicted octanol–water partition coefficient (Wildman–Crippen LogP) is 1.78. The monoisotopic (exact) mass is 438 g/mol. The second-order valence-electron chi connectivity index (χ2n) is 6.13. The summed E-state index contributed by atoms with van der Waals surface area (Å²) in [5.74, 6) is -0.222. The minimum absolute atomic E-state index is 0.0590. The van der Waals surface area contributed by atoms with Gasteiger partial charge in [-0.2, -0.15) is 0 Å². The molecule has 0 aromatic rings. The lowest BCUT2D eigenvalue weighted by molar-refractivity contribution is -0.125. The summed E-state index contributed by atoms with van der Waals surface area (Å²) in [5, 5.41) is 5.29. The van der Waals surface area contributed by atoms with Crippen molar-refractivity contribution >= 4 is 11.8 Å². The van der Waals surface area contributed by atoms with Crippen LogP contribution in [0.5, 0.6) is 0 Å². The Morgan fingerprint density at radius 3 is 1.30 bits per heavy atom. The first-order chi connectivity index (χ1) is 14.5. The molecule has 9 nitrogen and oxygen atoms in total. The SMILES string of the molecule is CCC.CCC.COCC(=O)NCCOCCOCCOCCOCCNC(C)=O. The molecule has 0 rings (SSSR count). The number of ether oxygens (including phenoxy) is 5. The highest BCUT2D eigenvalue weighted by Gasteiger charge is 1.98. The molecule has 0 saturated heterocycles. The molecule has 30 heavy (non-hydrogen) atoms. The second kappa shape index (κ2) is 32.4. The van der Waals surface area contributed by atoms with Crippen molar-refractivity contribution in [2.45, 2.75) is 47.5 Å². The Kier molecular flexibility index (Phi) is 36.1. The minimum atomic E-state index is -0.159. The van der Waals surface area contributed by atoms with Gasteiger partial charge in [-0.15, -0.1) is 0 Å². The Labute approximate surface area is 183 Å². The zero-order valence-electron chi connectivity index (χ0n) is 20.1. The first kappa shape index (κ1) is 33.4. The van der Waals surface area contributed by atoms with Gasteiger partial charge < -0.3 is 34.3 Å². The average molecular weight is 439 g/mol. The van der Waals surface area contributed by atoms with E-state index in [0.29, 0.717) is 65.9 Å². The Morgan fingerprint density at radius 2 is 0.967 bits per heavy atom. The van der Waals surface area contributed by atoms with Crippen LogP contribution in [0, 0.1) is 0 Å². The number of methoxy groups -OCH3 is 1. The fraction of sp³-hybridized carbons (Fsp3) is 0.905. The molecule has 0 aliphatic heterocycles. The summed E-state index contributed by atoms with van der Waals surface area (Å²) < 4.78 is 25.9. The van der Waals surface area contributed by atoms with E-state index in [1.807, 2.05) is 0 Å². The summed E-state index contributed by atoms with van der Waals surface area (Å²) in [4.78, 5) is 21.6. The van der Waals surface area contributed by atoms with Crippen molar-refractivity contribution in [2.75, 3.05) is 79.7 Å². The van der Waals surface area contributed by atoms with Gasteiger partial charge in [-0.05, 0) is 0 Å². The molecule has 0 radical (unpaired) electrons. The van der Waals surface area contributed by atoms with Crippen LogP contribution in [0.1, 0.15) is 47.5 Å². The molecule has 2 amide bonds. The molecule has 0 atom stereocenters. The van der Waals surface area contributed by atoms with E-state index in [1.54, 1.807) is 0 Å². The van der Waals surface area contributed by atoms with Gasteiger partial charge in [0.15, 0.2) is 0 Å². The molecule has 0 fully saturated rings. The lowest BCUT2D eigenvalue weighted by atomic mass is 10.6. The van der Waals surface area contributed by atoms with Crippen molar-refractivity contribution in [3.8, 4) is 0 Å². The summed E-state index contributed by atoms with van der Waals surface area (Å²) in [6.07, 6.45) is 2.50. The lowest BCUT2D eigenvalue weighted by Gasteiger charge is -2.08. The van der Waals surface area contributed by atoms with Gasteiger partial charge in [0, 0.05) is 27.1 Å². The highest BCUT2D eigenvalue weighted by Crippen LogP contribution is 1.83. The van der Waals surface area contributed by atoms with Crippen molar-refractivity contribution in [3.05, 3.63) is 0 Å². The molecule has 9 heteroatoms. The Balaban J connectivity index is -0.00000107. The van der Waals surface area contributed by atoms with Crippen LogP contribution in [0.4, 0.5) is 0 Å². The molecule has 0 saturated carbocycles. The van der Waals surface area contributed by atoms with Gasteiger partial charge in [0.25, 0.3) is 0 Å². The molecule has 0 aliphatic rings. The van der Waals surface area contributed by atoms with Crippen LogP contribution in [-0.2, 0) is 33.3 Å². The molecular formula is C21H46N2O7. The quantitative estimate of drug-likeness (QED) is 0.334. The smallest absolute Gasteiger partial charge is 0.246 e. The third-order valence-electron chi connectivity index (χ3n) is 2.58. The maximum Gasteiger partial charge on any atom is 0.246 e.